The van der Waals surface area contributed by atoms with Gasteiger partial charge < -0.3 is 0 Å². The van der Waals surface area contributed by atoms with Crippen molar-refractivity contribution in [2.24, 2.45) is 0 Å². The van der Waals surface area contributed by atoms with Gasteiger partial charge in [0.25, 0.3) is 10.0 Å². The van der Waals surface area contributed by atoms with Gasteiger partial charge in [0.05, 0.1) is 21.3 Å². The van der Waals surface area contributed by atoms with Gasteiger partial charge in [-0.15, -0.1) is 0 Å². The van der Waals surface area contributed by atoms with Crippen LogP contribution in [0, 0.1) is 11.3 Å². The molecule has 0 aromatic heterocycles. The summed E-state index contributed by atoms with van der Waals surface area (Å²) in [7, 11) is -3.86. The zero-order valence-electron chi connectivity index (χ0n) is 9.97. The van der Waals surface area contributed by atoms with Crippen molar-refractivity contribution < 1.29 is 8.42 Å². The molecule has 0 aliphatic rings. The number of nitrogens with zero attached hydrogens (tertiary/aromatic N) is 1. The van der Waals surface area contributed by atoms with Crippen molar-refractivity contribution in [3.05, 3.63) is 58.1 Å². The van der Waals surface area contributed by atoms with Crippen LogP contribution in [0.1, 0.15) is 5.56 Å². The highest BCUT2D eigenvalue weighted by Crippen LogP contribution is 2.27. The lowest BCUT2D eigenvalue weighted by molar-refractivity contribution is 0.601. The third kappa shape index (κ3) is 3.05. The summed E-state index contributed by atoms with van der Waals surface area (Å²) >= 11 is 11.6. The zero-order chi connectivity index (χ0) is 14.8. The molecule has 2 rings (SSSR count). The standard InChI is InChI=1S/C13H8Cl2N2O2S/c14-11-6-5-10(7-12(11)15)17-20(18,19)13-4-2-1-3-9(13)8-16/h1-7,17H. The summed E-state index contributed by atoms with van der Waals surface area (Å²) in [5.41, 5.74) is 0.340. The molecule has 2 aromatic rings. The third-order valence-electron chi connectivity index (χ3n) is 2.47. The van der Waals surface area contributed by atoms with Crippen molar-refractivity contribution >= 4 is 38.9 Å². The summed E-state index contributed by atoms with van der Waals surface area (Å²) in [5, 5.41) is 9.51. The number of hydrogen-bond donors (Lipinski definition) is 1. The van der Waals surface area contributed by atoms with Crippen molar-refractivity contribution in [1.29, 1.82) is 5.26 Å². The minimum atomic E-state index is -3.86. The number of sulfonamides is 1. The summed E-state index contributed by atoms with van der Waals surface area (Å²) in [6, 6.07) is 12.1. The Labute approximate surface area is 126 Å². The Balaban J connectivity index is 2.41. The SMILES string of the molecule is N#Cc1ccccc1S(=O)(=O)Nc1ccc(Cl)c(Cl)c1. The van der Waals surface area contributed by atoms with Crippen molar-refractivity contribution in [3.63, 3.8) is 0 Å². The molecule has 7 heteroatoms. The van der Waals surface area contributed by atoms with Gasteiger partial charge in [-0.05, 0) is 30.3 Å². The first-order valence-electron chi connectivity index (χ1n) is 5.41. The van der Waals surface area contributed by atoms with Crippen LogP contribution in [0.25, 0.3) is 0 Å². The summed E-state index contributed by atoms with van der Waals surface area (Å²) in [5.74, 6) is 0. The molecule has 0 amide bonds. The van der Waals surface area contributed by atoms with Crippen LogP contribution in [0.15, 0.2) is 47.4 Å². The molecule has 0 fully saturated rings. The van der Waals surface area contributed by atoms with Gasteiger partial charge in [-0.3, -0.25) is 4.72 Å². The van der Waals surface area contributed by atoms with Crippen LogP contribution in [0.3, 0.4) is 0 Å². The molecule has 1 N–H and O–H groups in total. The van der Waals surface area contributed by atoms with Gasteiger partial charge >= 0.3 is 0 Å². The van der Waals surface area contributed by atoms with E-state index in [9.17, 15) is 8.42 Å². The zero-order valence-corrected chi connectivity index (χ0v) is 12.3. The molecule has 0 aliphatic heterocycles. The Hall–Kier alpha value is -1.74. The van der Waals surface area contributed by atoms with Gasteiger partial charge in [0.15, 0.2) is 0 Å². The van der Waals surface area contributed by atoms with Crippen molar-refractivity contribution in [1.82, 2.24) is 0 Å². The van der Waals surface area contributed by atoms with Crippen LogP contribution in [-0.4, -0.2) is 8.42 Å². The van der Waals surface area contributed by atoms with Gasteiger partial charge in [0.2, 0.25) is 0 Å². The van der Waals surface area contributed by atoms with E-state index in [2.05, 4.69) is 4.72 Å². The van der Waals surface area contributed by atoms with Crippen LogP contribution >= 0.6 is 23.2 Å². The van der Waals surface area contributed by atoms with Crippen molar-refractivity contribution in [3.8, 4) is 6.07 Å². The Kier molecular flexibility index (Phi) is 4.19. The maximum atomic E-state index is 12.2. The highest BCUT2D eigenvalue weighted by molar-refractivity contribution is 7.92. The molecular formula is C13H8Cl2N2O2S. The van der Waals surface area contributed by atoms with Gasteiger partial charge in [0.1, 0.15) is 11.0 Å². The average Bonchev–Trinajstić information content (AvgIpc) is 2.42. The Morgan fingerprint density at radius 2 is 1.75 bits per heavy atom. The van der Waals surface area contributed by atoms with Crippen LogP contribution in [0.5, 0.6) is 0 Å². The third-order valence-corrected chi connectivity index (χ3v) is 4.65. The highest BCUT2D eigenvalue weighted by Gasteiger charge is 2.18. The van der Waals surface area contributed by atoms with E-state index in [1.54, 1.807) is 12.1 Å². The van der Waals surface area contributed by atoms with Crippen LogP contribution in [0.2, 0.25) is 10.0 Å². The molecule has 0 unspecified atom stereocenters. The van der Waals surface area contributed by atoms with E-state index in [0.717, 1.165) is 0 Å². The summed E-state index contributed by atoms with van der Waals surface area (Å²) in [6.45, 7) is 0. The molecule has 0 bridgehead atoms. The maximum absolute atomic E-state index is 12.2. The first kappa shape index (κ1) is 14.7. The Morgan fingerprint density at radius 3 is 2.40 bits per heavy atom. The second-order valence-electron chi connectivity index (χ2n) is 3.84. The van der Waals surface area contributed by atoms with Crippen molar-refractivity contribution in [2.75, 3.05) is 4.72 Å². The fourth-order valence-corrected chi connectivity index (χ4v) is 3.07. The fraction of sp³-hybridized carbons (Fsp3) is 0. The normalized spacial score (nSPS) is 10.8. The highest BCUT2D eigenvalue weighted by atomic mass is 35.5. The molecular weight excluding hydrogens is 319 g/mol. The number of nitriles is 1. The second kappa shape index (κ2) is 5.71. The van der Waals surface area contributed by atoms with E-state index >= 15 is 0 Å². The number of rotatable bonds is 3. The van der Waals surface area contributed by atoms with Gasteiger partial charge in [-0.25, -0.2) is 8.42 Å². The summed E-state index contributed by atoms with van der Waals surface area (Å²) in [4.78, 5) is -0.0893. The largest absolute Gasteiger partial charge is 0.280 e. The molecule has 2 aromatic carbocycles. The Morgan fingerprint density at radius 1 is 1.05 bits per heavy atom. The van der Waals surface area contributed by atoms with E-state index in [4.69, 9.17) is 28.5 Å². The molecule has 4 nitrogen and oxygen atoms in total. The molecule has 0 saturated carbocycles. The lowest BCUT2D eigenvalue weighted by atomic mass is 10.2. The molecule has 20 heavy (non-hydrogen) atoms. The number of benzene rings is 2. The minimum Gasteiger partial charge on any atom is -0.280 e. The van der Waals surface area contributed by atoms with E-state index in [0.29, 0.717) is 5.02 Å². The monoisotopic (exact) mass is 326 g/mol. The fourth-order valence-electron chi connectivity index (χ4n) is 1.56. The molecule has 0 heterocycles. The predicted molar refractivity (Wildman–Crippen MR) is 78.4 cm³/mol. The van der Waals surface area contributed by atoms with Crippen LogP contribution < -0.4 is 4.72 Å². The average molecular weight is 327 g/mol. The number of hydrogen-bond acceptors (Lipinski definition) is 3. The van der Waals surface area contributed by atoms with E-state index < -0.39 is 10.0 Å². The van der Waals surface area contributed by atoms with E-state index in [1.807, 2.05) is 6.07 Å². The summed E-state index contributed by atoms with van der Waals surface area (Å²) in [6.07, 6.45) is 0. The lowest BCUT2D eigenvalue weighted by Crippen LogP contribution is -2.14. The number of anilines is 1. The second-order valence-corrected chi connectivity index (χ2v) is 6.31. The molecule has 0 saturated heterocycles. The van der Waals surface area contributed by atoms with Crippen LogP contribution in [-0.2, 0) is 10.0 Å². The first-order valence-corrected chi connectivity index (χ1v) is 7.65. The maximum Gasteiger partial charge on any atom is 0.263 e. The first-order chi connectivity index (χ1) is 9.44. The van der Waals surface area contributed by atoms with E-state index in [-0.39, 0.29) is 21.2 Å². The molecule has 0 aliphatic carbocycles. The molecule has 0 spiro atoms. The molecule has 0 radical (unpaired) electrons. The molecule has 0 atom stereocenters. The van der Waals surface area contributed by atoms with E-state index in [1.165, 1.54) is 30.3 Å². The van der Waals surface area contributed by atoms with Gasteiger partial charge in [-0.1, -0.05) is 35.3 Å². The van der Waals surface area contributed by atoms with Gasteiger partial charge in [0, 0.05) is 0 Å². The predicted octanol–water partition coefficient (Wildman–Crippen LogP) is 3.67. The Bertz CT molecular complexity index is 798. The number of nitrogens with one attached hydrogen (secondary N) is 1. The smallest absolute Gasteiger partial charge is 0.263 e. The van der Waals surface area contributed by atoms with Crippen molar-refractivity contribution in [2.45, 2.75) is 4.90 Å². The van der Waals surface area contributed by atoms with Crippen LogP contribution in [0.4, 0.5) is 5.69 Å². The number of halogens is 2. The lowest BCUT2D eigenvalue weighted by Gasteiger charge is -2.09. The summed E-state index contributed by atoms with van der Waals surface area (Å²) < 4.78 is 26.8. The quantitative estimate of drug-likeness (QED) is 0.935. The van der Waals surface area contributed by atoms with Gasteiger partial charge in [-0.2, -0.15) is 5.26 Å². The molecule has 102 valence electrons. The minimum absolute atomic E-state index is 0.0695. The topological polar surface area (TPSA) is 70.0 Å².